The van der Waals surface area contributed by atoms with Crippen LogP contribution in [0.4, 0.5) is 0 Å². The molecular weight excluding hydrogens is 258 g/mol. The predicted octanol–water partition coefficient (Wildman–Crippen LogP) is 0.647. The minimum absolute atomic E-state index is 0.0397. The number of aromatic nitrogens is 4. The molecule has 2 aromatic rings. The van der Waals surface area contributed by atoms with Crippen molar-refractivity contribution in [3.63, 3.8) is 0 Å². The van der Waals surface area contributed by atoms with Gasteiger partial charge in [0.25, 0.3) is 0 Å². The van der Waals surface area contributed by atoms with Gasteiger partial charge in [-0.15, -0.1) is 0 Å². The van der Waals surface area contributed by atoms with Gasteiger partial charge in [0.05, 0.1) is 19.3 Å². The van der Waals surface area contributed by atoms with Crippen molar-refractivity contribution in [2.24, 2.45) is 0 Å². The molecule has 0 spiro atoms. The van der Waals surface area contributed by atoms with E-state index in [0.717, 1.165) is 0 Å². The van der Waals surface area contributed by atoms with Crippen molar-refractivity contribution in [1.29, 1.82) is 0 Å². The van der Waals surface area contributed by atoms with Gasteiger partial charge in [-0.2, -0.15) is 5.10 Å². The van der Waals surface area contributed by atoms with Gasteiger partial charge in [-0.05, 0) is 19.1 Å². The summed E-state index contributed by atoms with van der Waals surface area (Å²) in [4.78, 5) is 19.4. The van der Waals surface area contributed by atoms with E-state index in [1.807, 2.05) is 13.0 Å². The molecule has 0 bridgehead atoms. The number of hydrogen-bond donors (Lipinski definition) is 1. The lowest BCUT2D eigenvalue weighted by Gasteiger charge is -2.15. The molecule has 0 aliphatic heterocycles. The first-order valence-corrected chi connectivity index (χ1v) is 6.40. The summed E-state index contributed by atoms with van der Waals surface area (Å²) in [7, 11) is 0. The van der Waals surface area contributed by atoms with E-state index in [1.165, 1.54) is 6.33 Å². The van der Waals surface area contributed by atoms with Gasteiger partial charge in [0.1, 0.15) is 24.5 Å². The van der Waals surface area contributed by atoms with E-state index >= 15 is 0 Å². The summed E-state index contributed by atoms with van der Waals surface area (Å²) in [6.45, 7) is 2.86. The molecular formula is C13H17N5O2. The average Bonchev–Trinajstić information content (AvgIpc) is 2.97. The Morgan fingerprint density at radius 2 is 2.40 bits per heavy atom. The molecule has 2 rings (SSSR count). The third kappa shape index (κ3) is 4.68. The third-order valence-corrected chi connectivity index (χ3v) is 2.59. The molecule has 7 nitrogen and oxygen atoms in total. The lowest BCUT2D eigenvalue weighted by atomic mass is 10.3. The molecule has 0 aromatic carbocycles. The van der Waals surface area contributed by atoms with Gasteiger partial charge in [-0.1, -0.05) is 0 Å². The Hall–Kier alpha value is -2.44. The highest BCUT2D eigenvalue weighted by atomic mass is 16.5. The fourth-order valence-corrected chi connectivity index (χ4v) is 1.60. The molecule has 2 heterocycles. The first-order chi connectivity index (χ1) is 9.74. The van der Waals surface area contributed by atoms with Crippen molar-refractivity contribution < 1.29 is 9.53 Å². The molecule has 0 fully saturated rings. The van der Waals surface area contributed by atoms with E-state index in [1.54, 1.807) is 29.5 Å². The van der Waals surface area contributed by atoms with Gasteiger partial charge in [-0.25, -0.2) is 4.98 Å². The van der Waals surface area contributed by atoms with Crippen LogP contribution in [0.1, 0.15) is 13.3 Å². The van der Waals surface area contributed by atoms with E-state index < -0.39 is 0 Å². The van der Waals surface area contributed by atoms with Crippen LogP contribution < -0.4 is 10.1 Å². The van der Waals surface area contributed by atoms with Crippen molar-refractivity contribution >= 4 is 5.91 Å². The van der Waals surface area contributed by atoms with E-state index in [-0.39, 0.29) is 12.0 Å². The SMILES string of the molecule is C[C@H](CNC(=O)CCn1cncn1)Oc1cccnc1. The molecule has 1 atom stereocenters. The maximum absolute atomic E-state index is 11.7. The minimum atomic E-state index is -0.116. The number of carbonyl (C=O) groups excluding carboxylic acids is 1. The van der Waals surface area contributed by atoms with Crippen molar-refractivity contribution in [2.75, 3.05) is 6.54 Å². The van der Waals surface area contributed by atoms with Crippen LogP contribution in [0.5, 0.6) is 5.75 Å². The minimum Gasteiger partial charge on any atom is -0.487 e. The molecule has 0 aliphatic carbocycles. The van der Waals surface area contributed by atoms with E-state index in [0.29, 0.717) is 25.3 Å². The highest BCUT2D eigenvalue weighted by molar-refractivity contribution is 5.75. The number of nitrogens with zero attached hydrogens (tertiary/aromatic N) is 4. The number of rotatable bonds is 7. The summed E-state index contributed by atoms with van der Waals surface area (Å²) >= 11 is 0. The summed E-state index contributed by atoms with van der Waals surface area (Å²) in [5.74, 6) is 0.652. The molecule has 106 valence electrons. The van der Waals surface area contributed by atoms with Crippen LogP contribution in [0, 0.1) is 0 Å². The summed E-state index contributed by atoms with van der Waals surface area (Å²) in [5.41, 5.74) is 0. The number of hydrogen-bond acceptors (Lipinski definition) is 5. The predicted molar refractivity (Wildman–Crippen MR) is 72.0 cm³/mol. The lowest BCUT2D eigenvalue weighted by molar-refractivity contribution is -0.121. The van der Waals surface area contributed by atoms with Crippen LogP contribution in [-0.4, -0.2) is 38.3 Å². The molecule has 0 saturated carbocycles. The molecule has 0 radical (unpaired) electrons. The van der Waals surface area contributed by atoms with Crippen molar-refractivity contribution in [3.8, 4) is 5.75 Å². The molecule has 7 heteroatoms. The fourth-order valence-electron chi connectivity index (χ4n) is 1.60. The van der Waals surface area contributed by atoms with Crippen molar-refractivity contribution in [2.45, 2.75) is 26.0 Å². The van der Waals surface area contributed by atoms with Crippen LogP contribution in [0.3, 0.4) is 0 Å². The second kappa shape index (κ2) is 7.22. The van der Waals surface area contributed by atoms with Crippen LogP contribution >= 0.6 is 0 Å². The lowest BCUT2D eigenvalue weighted by Crippen LogP contribution is -2.34. The summed E-state index contributed by atoms with van der Waals surface area (Å²) < 4.78 is 7.23. The Bertz CT molecular complexity index is 515. The zero-order valence-electron chi connectivity index (χ0n) is 11.3. The number of carbonyl (C=O) groups is 1. The fraction of sp³-hybridized carbons (Fsp3) is 0.385. The van der Waals surface area contributed by atoms with Crippen LogP contribution in [0.2, 0.25) is 0 Å². The molecule has 0 unspecified atom stereocenters. The van der Waals surface area contributed by atoms with Gasteiger partial charge < -0.3 is 10.1 Å². The van der Waals surface area contributed by atoms with Gasteiger partial charge >= 0.3 is 0 Å². The molecule has 0 saturated heterocycles. The standard InChI is InChI=1S/C13H17N5O2/c1-11(20-12-3-2-5-14-8-12)7-16-13(19)4-6-18-10-15-9-17-18/h2-3,5,8-11H,4,6-7H2,1H3,(H,16,19)/t11-/m1/s1. The monoisotopic (exact) mass is 275 g/mol. The first-order valence-electron chi connectivity index (χ1n) is 6.40. The number of pyridine rings is 1. The van der Waals surface area contributed by atoms with E-state index in [2.05, 4.69) is 20.4 Å². The normalized spacial score (nSPS) is 11.8. The summed E-state index contributed by atoms with van der Waals surface area (Å²) in [5, 5.41) is 6.75. The molecule has 1 amide bonds. The Kier molecular flexibility index (Phi) is 5.05. The number of amides is 1. The van der Waals surface area contributed by atoms with E-state index in [4.69, 9.17) is 4.74 Å². The second-order valence-corrected chi connectivity index (χ2v) is 4.33. The quantitative estimate of drug-likeness (QED) is 0.802. The molecule has 2 aromatic heterocycles. The summed E-state index contributed by atoms with van der Waals surface area (Å²) in [6, 6.07) is 3.63. The van der Waals surface area contributed by atoms with Crippen LogP contribution in [0.25, 0.3) is 0 Å². The number of ether oxygens (including phenoxy) is 1. The van der Waals surface area contributed by atoms with Gasteiger partial charge in [-0.3, -0.25) is 14.5 Å². The number of aryl methyl sites for hydroxylation is 1. The Labute approximate surface area is 117 Å². The average molecular weight is 275 g/mol. The molecule has 20 heavy (non-hydrogen) atoms. The van der Waals surface area contributed by atoms with Gasteiger partial charge in [0.15, 0.2) is 0 Å². The molecule has 0 aliphatic rings. The number of nitrogens with one attached hydrogen (secondary N) is 1. The van der Waals surface area contributed by atoms with Gasteiger partial charge in [0, 0.05) is 12.6 Å². The van der Waals surface area contributed by atoms with Crippen molar-refractivity contribution in [3.05, 3.63) is 37.2 Å². The van der Waals surface area contributed by atoms with Gasteiger partial charge in [0.2, 0.25) is 5.91 Å². The Morgan fingerprint density at radius 1 is 1.50 bits per heavy atom. The highest BCUT2D eigenvalue weighted by Crippen LogP contribution is 2.08. The smallest absolute Gasteiger partial charge is 0.221 e. The second-order valence-electron chi connectivity index (χ2n) is 4.33. The third-order valence-electron chi connectivity index (χ3n) is 2.59. The highest BCUT2D eigenvalue weighted by Gasteiger charge is 2.07. The largest absolute Gasteiger partial charge is 0.487 e. The topological polar surface area (TPSA) is 81.9 Å². The maximum Gasteiger partial charge on any atom is 0.221 e. The zero-order chi connectivity index (χ0) is 14.2. The molecule has 1 N–H and O–H groups in total. The van der Waals surface area contributed by atoms with Crippen molar-refractivity contribution in [1.82, 2.24) is 25.1 Å². The first kappa shape index (κ1) is 14.0. The zero-order valence-corrected chi connectivity index (χ0v) is 11.3. The van der Waals surface area contributed by atoms with Crippen LogP contribution in [-0.2, 0) is 11.3 Å². The summed E-state index contributed by atoms with van der Waals surface area (Å²) in [6.07, 6.45) is 6.60. The Balaban J connectivity index is 1.65. The maximum atomic E-state index is 11.7. The Morgan fingerprint density at radius 3 is 3.10 bits per heavy atom. The van der Waals surface area contributed by atoms with E-state index in [9.17, 15) is 4.79 Å². The van der Waals surface area contributed by atoms with Crippen LogP contribution in [0.15, 0.2) is 37.2 Å².